The summed E-state index contributed by atoms with van der Waals surface area (Å²) in [4.78, 5) is 51.3. The molecule has 8 nitrogen and oxygen atoms in total. The molecule has 2 aromatic heterocycles. The first-order valence-corrected chi connectivity index (χ1v) is 9.29. The van der Waals surface area contributed by atoms with Crippen molar-refractivity contribution in [1.29, 1.82) is 0 Å². The van der Waals surface area contributed by atoms with Crippen LogP contribution in [0.2, 0.25) is 0 Å². The van der Waals surface area contributed by atoms with Crippen molar-refractivity contribution < 1.29 is 23.9 Å². The number of rotatable bonds is 6. The maximum atomic E-state index is 12.3. The molecule has 1 amide bonds. The number of aryl methyl sites for hydroxylation is 1. The zero-order chi connectivity index (χ0) is 19.4. The Kier molecular flexibility index (Phi) is 5.70. The van der Waals surface area contributed by atoms with E-state index in [1.165, 1.54) is 29.7 Å². The number of nitrogens with one attached hydrogen (secondary N) is 2. The van der Waals surface area contributed by atoms with Gasteiger partial charge in [-0.1, -0.05) is 0 Å². The van der Waals surface area contributed by atoms with Crippen molar-refractivity contribution >= 4 is 34.2 Å². The van der Waals surface area contributed by atoms with Crippen LogP contribution < -0.4 is 10.9 Å². The highest BCUT2D eigenvalue weighted by Gasteiger charge is 2.28. The molecule has 3 rings (SSSR count). The molecular weight excluding hydrogens is 372 g/mol. The normalized spacial score (nSPS) is 12.3. The minimum Gasteiger partial charge on any atom is -0.462 e. The van der Waals surface area contributed by atoms with Gasteiger partial charge in [-0.25, -0.2) is 9.59 Å². The molecule has 0 atom stereocenters. The molecule has 0 bridgehead atoms. The molecule has 0 aromatic carbocycles. The van der Waals surface area contributed by atoms with Crippen LogP contribution in [0.5, 0.6) is 0 Å². The van der Waals surface area contributed by atoms with Crippen molar-refractivity contribution in [2.45, 2.75) is 26.2 Å². The van der Waals surface area contributed by atoms with Crippen molar-refractivity contribution in [3.63, 3.8) is 0 Å². The van der Waals surface area contributed by atoms with Gasteiger partial charge in [-0.15, -0.1) is 11.3 Å². The number of esters is 2. The van der Waals surface area contributed by atoms with Gasteiger partial charge in [-0.2, -0.15) is 0 Å². The number of amides is 1. The van der Waals surface area contributed by atoms with E-state index in [1.807, 2.05) is 0 Å². The van der Waals surface area contributed by atoms with Gasteiger partial charge in [0, 0.05) is 11.1 Å². The number of thiophene rings is 1. The van der Waals surface area contributed by atoms with E-state index in [0.717, 1.165) is 29.7 Å². The summed E-state index contributed by atoms with van der Waals surface area (Å²) in [6.45, 7) is 1.38. The Morgan fingerprint density at radius 1 is 1.22 bits per heavy atom. The number of anilines is 1. The Balaban J connectivity index is 1.68. The quantitative estimate of drug-likeness (QED) is 0.728. The van der Waals surface area contributed by atoms with Crippen molar-refractivity contribution in [3.05, 3.63) is 50.3 Å². The van der Waals surface area contributed by atoms with Gasteiger partial charge < -0.3 is 19.8 Å². The summed E-state index contributed by atoms with van der Waals surface area (Å²) >= 11 is 1.34. The standard InChI is InChI=1S/C18H18N2O6S/c1-2-25-18(24)14-10-5-3-7-12(10)27-16(14)20-13(21)9-26-17(23)11-6-4-8-19-15(11)22/h4,6,8H,2-3,5,7,9H2,1H3,(H,19,22)(H,20,21). The number of ether oxygens (including phenoxy) is 2. The Morgan fingerprint density at radius 3 is 2.78 bits per heavy atom. The number of hydrogen-bond acceptors (Lipinski definition) is 7. The van der Waals surface area contributed by atoms with E-state index in [1.54, 1.807) is 6.92 Å². The third kappa shape index (κ3) is 4.08. The number of carbonyl (C=O) groups is 3. The Hall–Kier alpha value is -2.94. The lowest BCUT2D eigenvalue weighted by Crippen LogP contribution is -2.24. The molecule has 1 aliphatic rings. The van der Waals surface area contributed by atoms with E-state index < -0.39 is 30.0 Å². The molecule has 142 valence electrons. The molecular formula is C18H18N2O6S. The predicted molar refractivity (Wildman–Crippen MR) is 98.3 cm³/mol. The number of pyridine rings is 1. The smallest absolute Gasteiger partial charge is 0.344 e. The van der Waals surface area contributed by atoms with Crippen LogP contribution >= 0.6 is 11.3 Å². The molecule has 9 heteroatoms. The molecule has 0 spiro atoms. The predicted octanol–water partition coefficient (Wildman–Crippen LogP) is 1.90. The highest BCUT2D eigenvalue weighted by Crippen LogP contribution is 2.39. The summed E-state index contributed by atoms with van der Waals surface area (Å²) in [5.74, 6) is -1.97. The Bertz CT molecular complexity index is 946. The number of carbonyl (C=O) groups excluding carboxylic acids is 3. The number of aromatic amines is 1. The lowest BCUT2D eigenvalue weighted by atomic mass is 10.1. The van der Waals surface area contributed by atoms with Crippen LogP contribution in [-0.2, 0) is 27.1 Å². The topological polar surface area (TPSA) is 115 Å². The zero-order valence-electron chi connectivity index (χ0n) is 14.6. The van der Waals surface area contributed by atoms with Gasteiger partial charge in [0.15, 0.2) is 6.61 Å². The van der Waals surface area contributed by atoms with Gasteiger partial charge in [0.2, 0.25) is 0 Å². The number of H-pyrrole nitrogens is 1. The van der Waals surface area contributed by atoms with Crippen LogP contribution in [0.1, 0.15) is 44.5 Å². The summed E-state index contributed by atoms with van der Waals surface area (Å²) in [5.41, 5.74) is 0.518. The van der Waals surface area contributed by atoms with Crippen LogP contribution in [0.25, 0.3) is 0 Å². The Labute approximate surface area is 158 Å². The summed E-state index contributed by atoms with van der Waals surface area (Å²) in [5, 5.41) is 3.02. The van der Waals surface area contributed by atoms with Gasteiger partial charge in [-0.05, 0) is 43.9 Å². The number of fused-ring (bicyclic) bond motifs is 1. The van der Waals surface area contributed by atoms with Crippen molar-refractivity contribution in [2.24, 2.45) is 0 Å². The van der Waals surface area contributed by atoms with Crippen LogP contribution in [0, 0.1) is 0 Å². The second-order valence-corrected chi connectivity index (χ2v) is 6.92. The highest BCUT2D eigenvalue weighted by molar-refractivity contribution is 7.17. The van der Waals surface area contributed by atoms with Crippen LogP contribution in [-0.4, -0.2) is 36.0 Å². The van der Waals surface area contributed by atoms with Crippen molar-refractivity contribution in [2.75, 3.05) is 18.5 Å². The molecule has 0 aliphatic heterocycles. The van der Waals surface area contributed by atoms with Crippen LogP contribution in [0.4, 0.5) is 5.00 Å². The van der Waals surface area contributed by atoms with Gasteiger partial charge in [-0.3, -0.25) is 9.59 Å². The highest BCUT2D eigenvalue weighted by atomic mass is 32.1. The molecule has 2 heterocycles. The van der Waals surface area contributed by atoms with E-state index in [-0.39, 0.29) is 12.2 Å². The van der Waals surface area contributed by atoms with Gasteiger partial charge in [0.1, 0.15) is 10.6 Å². The van der Waals surface area contributed by atoms with Crippen LogP contribution in [0.3, 0.4) is 0 Å². The average molecular weight is 390 g/mol. The maximum absolute atomic E-state index is 12.3. The molecule has 0 radical (unpaired) electrons. The molecule has 1 aliphatic carbocycles. The second kappa shape index (κ2) is 8.17. The van der Waals surface area contributed by atoms with E-state index >= 15 is 0 Å². The zero-order valence-corrected chi connectivity index (χ0v) is 15.4. The summed E-state index contributed by atoms with van der Waals surface area (Å²) in [7, 11) is 0. The van der Waals surface area contributed by atoms with Crippen LogP contribution in [0.15, 0.2) is 23.1 Å². The lowest BCUT2D eigenvalue weighted by Gasteiger charge is -2.08. The van der Waals surface area contributed by atoms with Gasteiger partial charge in [0.25, 0.3) is 11.5 Å². The first kappa shape index (κ1) is 18.8. The van der Waals surface area contributed by atoms with Gasteiger partial charge >= 0.3 is 11.9 Å². The third-order valence-electron chi connectivity index (χ3n) is 4.03. The summed E-state index contributed by atoms with van der Waals surface area (Å²) in [6, 6.07) is 2.79. The summed E-state index contributed by atoms with van der Waals surface area (Å²) in [6.07, 6.45) is 3.97. The molecule has 0 saturated heterocycles. The monoisotopic (exact) mass is 390 g/mol. The molecule has 0 fully saturated rings. The fraction of sp³-hybridized carbons (Fsp3) is 0.333. The first-order valence-electron chi connectivity index (χ1n) is 8.47. The van der Waals surface area contributed by atoms with E-state index in [2.05, 4.69) is 10.3 Å². The Morgan fingerprint density at radius 2 is 2.04 bits per heavy atom. The van der Waals surface area contributed by atoms with Crippen molar-refractivity contribution in [3.8, 4) is 0 Å². The molecule has 0 unspecified atom stereocenters. The molecule has 27 heavy (non-hydrogen) atoms. The summed E-state index contributed by atoms with van der Waals surface area (Å²) < 4.78 is 9.98. The molecule has 0 saturated carbocycles. The lowest BCUT2D eigenvalue weighted by molar-refractivity contribution is -0.119. The molecule has 2 aromatic rings. The van der Waals surface area contributed by atoms with Gasteiger partial charge in [0.05, 0.1) is 12.2 Å². The molecule has 2 N–H and O–H groups in total. The van der Waals surface area contributed by atoms with Crippen molar-refractivity contribution in [1.82, 2.24) is 4.98 Å². The minimum atomic E-state index is -0.897. The van der Waals surface area contributed by atoms with E-state index in [0.29, 0.717) is 10.6 Å². The first-order chi connectivity index (χ1) is 13.0. The fourth-order valence-corrected chi connectivity index (χ4v) is 4.16. The van der Waals surface area contributed by atoms with E-state index in [4.69, 9.17) is 9.47 Å². The largest absolute Gasteiger partial charge is 0.462 e. The second-order valence-electron chi connectivity index (χ2n) is 5.82. The average Bonchev–Trinajstić information content (AvgIpc) is 3.20. The fourth-order valence-electron chi connectivity index (χ4n) is 2.87. The SMILES string of the molecule is CCOC(=O)c1c(NC(=O)COC(=O)c2ccc[nH]c2=O)sc2c1CCC2. The minimum absolute atomic E-state index is 0.187. The number of hydrogen-bond donors (Lipinski definition) is 2. The maximum Gasteiger partial charge on any atom is 0.344 e. The van der Waals surface area contributed by atoms with E-state index in [9.17, 15) is 19.2 Å². The number of aromatic nitrogens is 1. The third-order valence-corrected chi connectivity index (χ3v) is 5.23.